The van der Waals surface area contributed by atoms with Crippen LogP contribution in [0.4, 0.5) is 5.82 Å². The second-order valence-corrected chi connectivity index (χ2v) is 6.57. The van der Waals surface area contributed by atoms with E-state index in [2.05, 4.69) is 11.1 Å². The monoisotopic (exact) mass is 351 g/mol. The third-order valence-corrected chi connectivity index (χ3v) is 5.02. The molecule has 0 radical (unpaired) electrons. The Balaban J connectivity index is 2.04. The minimum absolute atomic E-state index is 0.0254. The molecule has 2 atom stereocenters. The van der Waals surface area contributed by atoms with Crippen LogP contribution in [0.5, 0.6) is 5.75 Å². The Bertz CT molecular complexity index is 873. The molecule has 0 bridgehead atoms. The molecule has 0 amide bonds. The standard InChI is InChI=1S/C20H21N3O3/c1-26-20(25)13-6-4-5-12(9-13)15-10-17(23-19(22)16(15)11-21)14-7-2-3-8-18(14)24/h2-3,7-8,10,12-13,24H,4-6,9H2,1H3,(H2,22,23). The molecule has 3 N–H and O–H groups in total. The van der Waals surface area contributed by atoms with Gasteiger partial charge in [0, 0.05) is 5.56 Å². The number of benzene rings is 1. The van der Waals surface area contributed by atoms with Crippen LogP contribution in [0, 0.1) is 17.2 Å². The highest BCUT2D eigenvalue weighted by atomic mass is 16.5. The smallest absolute Gasteiger partial charge is 0.308 e. The lowest BCUT2D eigenvalue weighted by Gasteiger charge is -2.28. The van der Waals surface area contributed by atoms with Crippen LogP contribution in [-0.2, 0) is 9.53 Å². The molecule has 0 saturated heterocycles. The number of carbonyl (C=O) groups excluding carboxylic acids is 1. The van der Waals surface area contributed by atoms with Crippen molar-refractivity contribution in [2.45, 2.75) is 31.6 Å². The van der Waals surface area contributed by atoms with Crippen LogP contribution in [0.25, 0.3) is 11.3 Å². The molecule has 1 heterocycles. The summed E-state index contributed by atoms with van der Waals surface area (Å²) in [5, 5.41) is 19.7. The fraction of sp³-hybridized carbons (Fsp3) is 0.350. The zero-order valence-electron chi connectivity index (χ0n) is 14.6. The van der Waals surface area contributed by atoms with Crippen LogP contribution < -0.4 is 5.73 Å². The van der Waals surface area contributed by atoms with Gasteiger partial charge in [0.15, 0.2) is 0 Å². The zero-order chi connectivity index (χ0) is 18.7. The second-order valence-electron chi connectivity index (χ2n) is 6.57. The molecule has 1 saturated carbocycles. The Morgan fingerprint density at radius 2 is 2.15 bits per heavy atom. The van der Waals surface area contributed by atoms with Gasteiger partial charge in [-0.2, -0.15) is 5.26 Å². The number of nitrogen functional groups attached to an aromatic ring is 1. The number of carbonyl (C=O) groups is 1. The minimum atomic E-state index is -0.212. The van der Waals surface area contributed by atoms with E-state index in [1.165, 1.54) is 7.11 Å². The quantitative estimate of drug-likeness (QED) is 0.821. The average molecular weight is 351 g/mol. The molecule has 1 aliphatic carbocycles. The molecule has 2 unspecified atom stereocenters. The lowest BCUT2D eigenvalue weighted by atomic mass is 9.76. The van der Waals surface area contributed by atoms with E-state index in [0.29, 0.717) is 23.2 Å². The van der Waals surface area contributed by atoms with Gasteiger partial charge < -0.3 is 15.6 Å². The Hall–Kier alpha value is -3.07. The van der Waals surface area contributed by atoms with Crippen LogP contribution in [0.15, 0.2) is 30.3 Å². The SMILES string of the molecule is COC(=O)C1CCCC(c2cc(-c3ccccc3O)nc(N)c2C#N)C1. The summed E-state index contributed by atoms with van der Waals surface area (Å²) in [5.41, 5.74) is 8.25. The van der Waals surface area contributed by atoms with Crippen LogP contribution in [-0.4, -0.2) is 23.2 Å². The van der Waals surface area contributed by atoms with Crippen molar-refractivity contribution in [3.8, 4) is 23.1 Å². The van der Waals surface area contributed by atoms with Crippen molar-refractivity contribution in [3.05, 3.63) is 41.5 Å². The summed E-state index contributed by atoms with van der Waals surface area (Å²) in [6.45, 7) is 0. The summed E-state index contributed by atoms with van der Waals surface area (Å²) in [6.07, 6.45) is 3.15. The number of rotatable bonds is 3. The third-order valence-electron chi connectivity index (χ3n) is 5.02. The zero-order valence-corrected chi connectivity index (χ0v) is 14.6. The van der Waals surface area contributed by atoms with Crippen molar-refractivity contribution in [2.75, 3.05) is 12.8 Å². The Labute approximate surface area is 152 Å². The number of anilines is 1. The molecule has 26 heavy (non-hydrogen) atoms. The highest BCUT2D eigenvalue weighted by molar-refractivity contribution is 5.73. The van der Waals surface area contributed by atoms with Gasteiger partial charge in [-0.3, -0.25) is 4.79 Å². The fourth-order valence-electron chi connectivity index (χ4n) is 3.71. The summed E-state index contributed by atoms with van der Waals surface area (Å²) in [7, 11) is 1.40. The first-order chi connectivity index (χ1) is 12.5. The number of nitrogens with two attached hydrogens (primary N) is 1. The molecule has 0 spiro atoms. The van der Waals surface area contributed by atoms with Gasteiger partial charge in [-0.05, 0) is 48.9 Å². The molecule has 1 aromatic heterocycles. The molecule has 2 aromatic rings. The van der Waals surface area contributed by atoms with Crippen molar-refractivity contribution in [1.29, 1.82) is 5.26 Å². The molecule has 1 aliphatic rings. The molecule has 0 aliphatic heterocycles. The van der Waals surface area contributed by atoms with Gasteiger partial charge in [-0.1, -0.05) is 18.6 Å². The number of esters is 1. The molecule has 3 rings (SSSR count). The maximum Gasteiger partial charge on any atom is 0.308 e. The van der Waals surface area contributed by atoms with Crippen LogP contribution in [0.3, 0.4) is 0 Å². The predicted molar refractivity (Wildman–Crippen MR) is 97.2 cm³/mol. The van der Waals surface area contributed by atoms with E-state index in [4.69, 9.17) is 10.5 Å². The van der Waals surface area contributed by atoms with Gasteiger partial charge in [-0.25, -0.2) is 4.98 Å². The van der Waals surface area contributed by atoms with E-state index in [9.17, 15) is 15.2 Å². The van der Waals surface area contributed by atoms with Gasteiger partial charge in [0.1, 0.15) is 17.6 Å². The van der Waals surface area contributed by atoms with Crippen molar-refractivity contribution < 1.29 is 14.6 Å². The maximum atomic E-state index is 11.9. The van der Waals surface area contributed by atoms with E-state index in [1.807, 2.05) is 6.07 Å². The van der Waals surface area contributed by atoms with Gasteiger partial charge in [0.05, 0.1) is 24.3 Å². The molecule has 6 nitrogen and oxygen atoms in total. The van der Waals surface area contributed by atoms with Gasteiger partial charge in [-0.15, -0.1) is 0 Å². The highest BCUT2D eigenvalue weighted by Crippen LogP contribution is 2.40. The maximum absolute atomic E-state index is 11.9. The van der Waals surface area contributed by atoms with Crippen molar-refractivity contribution >= 4 is 11.8 Å². The van der Waals surface area contributed by atoms with Crippen molar-refractivity contribution in [1.82, 2.24) is 4.98 Å². The lowest BCUT2D eigenvalue weighted by Crippen LogP contribution is -2.23. The number of aromatic hydroxyl groups is 1. The van der Waals surface area contributed by atoms with E-state index >= 15 is 0 Å². The average Bonchev–Trinajstić information content (AvgIpc) is 2.67. The van der Waals surface area contributed by atoms with Crippen LogP contribution >= 0.6 is 0 Å². The number of ether oxygens (including phenoxy) is 1. The number of phenolic OH excluding ortho intramolecular Hbond substituents is 1. The number of para-hydroxylation sites is 1. The Kier molecular flexibility index (Phi) is 5.08. The van der Waals surface area contributed by atoms with Gasteiger partial charge >= 0.3 is 5.97 Å². The van der Waals surface area contributed by atoms with E-state index in [-0.39, 0.29) is 29.4 Å². The molecule has 1 aromatic carbocycles. The lowest BCUT2D eigenvalue weighted by molar-refractivity contribution is -0.146. The largest absolute Gasteiger partial charge is 0.507 e. The highest BCUT2D eigenvalue weighted by Gasteiger charge is 2.31. The van der Waals surface area contributed by atoms with Crippen LogP contribution in [0.1, 0.15) is 42.7 Å². The number of nitriles is 1. The first-order valence-corrected chi connectivity index (χ1v) is 8.61. The van der Waals surface area contributed by atoms with E-state index in [1.54, 1.807) is 24.3 Å². The van der Waals surface area contributed by atoms with Gasteiger partial charge in [0.2, 0.25) is 0 Å². The predicted octanol–water partition coefficient (Wildman–Crippen LogP) is 3.35. The molecule has 134 valence electrons. The van der Waals surface area contributed by atoms with E-state index in [0.717, 1.165) is 24.8 Å². The first kappa shape index (κ1) is 17.7. The number of hydrogen-bond acceptors (Lipinski definition) is 6. The first-order valence-electron chi connectivity index (χ1n) is 8.61. The number of aromatic nitrogens is 1. The summed E-state index contributed by atoms with van der Waals surface area (Å²) < 4.78 is 4.89. The second kappa shape index (κ2) is 7.44. The van der Waals surface area contributed by atoms with Crippen molar-refractivity contribution in [2.24, 2.45) is 5.92 Å². The number of phenols is 1. The molecule has 6 heteroatoms. The normalized spacial score (nSPS) is 19.5. The summed E-state index contributed by atoms with van der Waals surface area (Å²) >= 11 is 0. The summed E-state index contributed by atoms with van der Waals surface area (Å²) in [4.78, 5) is 16.2. The molecule has 1 fully saturated rings. The summed E-state index contributed by atoms with van der Waals surface area (Å²) in [6, 6.07) is 10.8. The van der Waals surface area contributed by atoms with Crippen molar-refractivity contribution in [3.63, 3.8) is 0 Å². The third kappa shape index (κ3) is 3.33. The Morgan fingerprint density at radius 1 is 1.38 bits per heavy atom. The fourth-order valence-corrected chi connectivity index (χ4v) is 3.71. The molecular formula is C20H21N3O3. The summed E-state index contributed by atoms with van der Waals surface area (Å²) in [5.74, 6) is -0.114. The minimum Gasteiger partial charge on any atom is -0.507 e. The number of nitrogens with zero attached hydrogens (tertiary/aromatic N) is 2. The van der Waals surface area contributed by atoms with Crippen LogP contribution in [0.2, 0.25) is 0 Å². The van der Waals surface area contributed by atoms with Gasteiger partial charge in [0.25, 0.3) is 0 Å². The number of hydrogen-bond donors (Lipinski definition) is 2. The topological polar surface area (TPSA) is 109 Å². The number of pyridine rings is 1. The number of methoxy groups -OCH3 is 1. The molecular weight excluding hydrogens is 330 g/mol. The Morgan fingerprint density at radius 3 is 2.85 bits per heavy atom. The van der Waals surface area contributed by atoms with E-state index < -0.39 is 0 Å².